The van der Waals surface area contributed by atoms with Crippen LogP contribution in [0.25, 0.3) is 0 Å². The van der Waals surface area contributed by atoms with Crippen LogP contribution < -0.4 is 11.1 Å². The van der Waals surface area contributed by atoms with Crippen molar-refractivity contribution in [3.05, 3.63) is 58.1 Å². The fourth-order valence-corrected chi connectivity index (χ4v) is 2.19. The van der Waals surface area contributed by atoms with Crippen LogP contribution in [0.1, 0.15) is 26.3 Å². The first-order chi connectivity index (χ1) is 9.91. The minimum atomic E-state index is -1.21. The van der Waals surface area contributed by atoms with Crippen LogP contribution >= 0.6 is 11.6 Å². The first-order valence-corrected chi connectivity index (χ1v) is 6.48. The molecule has 21 heavy (non-hydrogen) atoms. The van der Waals surface area contributed by atoms with Crippen molar-refractivity contribution in [1.29, 1.82) is 0 Å². The van der Waals surface area contributed by atoms with Crippen molar-refractivity contribution >= 4 is 34.9 Å². The summed E-state index contributed by atoms with van der Waals surface area (Å²) in [6.07, 6.45) is 0. The van der Waals surface area contributed by atoms with E-state index in [1.807, 2.05) is 0 Å². The fraction of sp³-hybridized carbons (Fsp3) is 0.0667. The zero-order chi connectivity index (χ0) is 15.6. The van der Waals surface area contributed by atoms with Crippen molar-refractivity contribution in [2.24, 2.45) is 0 Å². The molecule has 0 radical (unpaired) electrons. The first kappa shape index (κ1) is 14.9. The SMILES string of the molecule is Cc1c(N)cccc1C(=O)Nc1cccc(Cl)c1C(=O)O. The Morgan fingerprint density at radius 1 is 1.19 bits per heavy atom. The van der Waals surface area contributed by atoms with Gasteiger partial charge in [-0.1, -0.05) is 23.7 Å². The highest BCUT2D eigenvalue weighted by molar-refractivity contribution is 6.34. The Morgan fingerprint density at radius 3 is 2.52 bits per heavy atom. The van der Waals surface area contributed by atoms with Crippen LogP contribution in [-0.4, -0.2) is 17.0 Å². The van der Waals surface area contributed by atoms with Gasteiger partial charge in [0.05, 0.1) is 10.7 Å². The normalized spacial score (nSPS) is 10.2. The number of benzene rings is 2. The van der Waals surface area contributed by atoms with Gasteiger partial charge in [-0.2, -0.15) is 0 Å². The summed E-state index contributed by atoms with van der Waals surface area (Å²) < 4.78 is 0. The molecule has 0 saturated carbocycles. The van der Waals surface area contributed by atoms with E-state index in [1.54, 1.807) is 31.2 Å². The largest absolute Gasteiger partial charge is 0.478 e. The van der Waals surface area contributed by atoms with E-state index in [1.165, 1.54) is 12.1 Å². The van der Waals surface area contributed by atoms with Crippen molar-refractivity contribution in [2.75, 3.05) is 11.1 Å². The van der Waals surface area contributed by atoms with Crippen LogP contribution in [0.2, 0.25) is 5.02 Å². The van der Waals surface area contributed by atoms with Gasteiger partial charge in [-0.3, -0.25) is 4.79 Å². The molecule has 0 unspecified atom stereocenters. The van der Waals surface area contributed by atoms with E-state index >= 15 is 0 Å². The topological polar surface area (TPSA) is 92.4 Å². The molecule has 0 aromatic heterocycles. The Hall–Kier alpha value is -2.53. The molecule has 0 spiro atoms. The fourth-order valence-electron chi connectivity index (χ4n) is 1.93. The van der Waals surface area contributed by atoms with Crippen molar-refractivity contribution in [1.82, 2.24) is 0 Å². The number of hydrogen-bond acceptors (Lipinski definition) is 3. The molecule has 0 heterocycles. The van der Waals surface area contributed by atoms with Gasteiger partial charge in [0.25, 0.3) is 5.91 Å². The number of nitrogens with two attached hydrogens (primary N) is 1. The summed E-state index contributed by atoms with van der Waals surface area (Å²) in [5.74, 6) is -1.65. The van der Waals surface area contributed by atoms with E-state index in [9.17, 15) is 14.7 Å². The number of halogens is 1. The zero-order valence-electron chi connectivity index (χ0n) is 11.2. The maximum absolute atomic E-state index is 12.3. The molecule has 0 aliphatic rings. The van der Waals surface area contributed by atoms with Crippen LogP contribution in [0.4, 0.5) is 11.4 Å². The third kappa shape index (κ3) is 2.98. The predicted molar refractivity (Wildman–Crippen MR) is 82.0 cm³/mol. The van der Waals surface area contributed by atoms with Gasteiger partial charge in [0, 0.05) is 11.3 Å². The van der Waals surface area contributed by atoms with Crippen molar-refractivity contribution in [2.45, 2.75) is 6.92 Å². The number of rotatable bonds is 3. The van der Waals surface area contributed by atoms with Crippen LogP contribution in [0, 0.1) is 6.92 Å². The number of carboxylic acids is 1. The lowest BCUT2D eigenvalue weighted by atomic mass is 10.1. The molecule has 0 saturated heterocycles. The third-order valence-corrected chi connectivity index (χ3v) is 3.41. The molecule has 0 aliphatic carbocycles. The van der Waals surface area contributed by atoms with Gasteiger partial charge in [-0.05, 0) is 36.8 Å². The molecular weight excluding hydrogens is 292 g/mol. The number of carbonyl (C=O) groups is 2. The van der Waals surface area contributed by atoms with E-state index in [0.717, 1.165) is 0 Å². The van der Waals surface area contributed by atoms with Crippen LogP contribution in [0.15, 0.2) is 36.4 Å². The van der Waals surface area contributed by atoms with E-state index in [0.29, 0.717) is 16.8 Å². The molecule has 2 aromatic rings. The molecular formula is C15H13ClN2O3. The molecule has 2 rings (SSSR count). The van der Waals surface area contributed by atoms with Gasteiger partial charge in [0.15, 0.2) is 0 Å². The average Bonchev–Trinajstić information content (AvgIpc) is 2.41. The number of hydrogen-bond donors (Lipinski definition) is 3. The van der Waals surface area contributed by atoms with E-state index in [4.69, 9.17) is 17.3 Å². The molecule has 0 atom stereocenters. The minimum absolute atomic E-state index is 0.0598. The summed E-state index contributed by atoms with van der Waals surface area (Å²) in [4.78, 5) is 23.5. The number of nitrogens with one attached hydrogen (secondary N) is 1. The minimum Gasteiger partial charge on any atom is -0.478 e. The second-order valence-electron chi connectivity index (χ2n) is 4.44. The molecule has 0 fully saturated rings. The van der Waals surface area contributed by atoms with Gasteiger partial charge in [0.1, 0.15) is 5.56 Å². The van der Waals surface area contributed by atoms with Crippen molar-refractivity contribution in [3.63, 3.8) is 0 Å². The lowest BCUT2D eigenvalue weighted by Crippen LogP contribution is -2.16. The number of aromatic carboxylic acids is 1. The molecule has 4 N–H and O–H groups in total. The lowest BCUT2D eigenvalue weighted by molar-refractivity contribution is 0.0698. The maximum atomic E-state index is 12.3. The van der Waals surface area contributed by atoms with E-state index in [2.05, 4.69) is 5.32 Å². The zero-order valence-corrected chi connectivity index (χ0v) is 11.9. The van der Waals surface area contributed by atoms with Crippen molar-refractivity contribution < 1.29 is 14.7 Å². The number of carboxylic acid groups (broad SMARTS) is 1. The quantitative estimate of drug-likeness (QED) is 0.759. The Labute approximate surface area is 126 Å². The highest BCUT2D eigenvalue weighted by atomic mass is 35.5. The van der Waals surface area contributed by atoms with E-state index < -0.39 is 11.9 Å². The van der Waals surface area contributed by atoms with Gasteiger partial charge in [0.2, 0.25) is 0 Å². The molecule has 108 valence electrons. The van der Waals surface area contributed by atoms with E-state index in [-0.39, 0.29) is 16.3 Å². The summed E-state index contributed by atoms with van der Waals surface area (Å²) in [5.41, 5.74) is 7.26. The molecule has 6 heteroatoms. The molecule has 2 aromatic carbocycles. The maximum Gasteiger partial charge on any atom is 0.339 e. The smallest absolute Gasteiger partial charge is 0.339 e. The standard InChI is InChI=1S/C15H13ClN2O3/c1-8-9(4-2-6-11(8)17)14(19)18-12-7-3-5-10(16)13(12)15(20)21/h2-7H,17H2,1H3,(H,18,19)(H,20,21). The monoisotopic (exact) mass is 304 g/mol. The average molecular weight is 305 g/mol. The summed E-state index contributed by atoms with van der Waals surface area (Å²) in [6, 6.07) is 9.46. The highest BCUT2D eigenvalue weighted by Gasteiger charge is 2.18. The molecule has 0 aliphatic heterocycles. The number of anilines is 2. The van der Waals surface area contributed by atoms with Gasteiger partial charge in [-0.15, -0.1) is 0 Å². The van der Waals surface area contributed by atoms with Crippen molar-refractivity contribution in [3.8, 4) is 0 Å². The van der Waals surface area contributed by atoms with Crippen LogP contribution in [-0.2, 0) is 0 Å². The second kappa shape index (κ2) is 5.85. The number of carbonyl (C=O) groups excluding carboxylic acids is 1. The summed E-state index contributed by atoms with van der Waals surface area (Å²) in [7, 11) is 0. The van der Waals surface area contributed by atoms with Crippen LogP contribution in [0.5, 0.6) is 0 Å². The Morgan fingerprint density at radius 2 is 1.86 bits per heavy atom. The van der Waals surface area contributed by atoms with Gasteiger partial charge >= 0.3 is 5.97 Å². The lowest BCUT2D eigenvalue weighted by Gasteiger charge is -2.12. The van der Waals surface area contributed by atoms with Gasteiger partial charge < -0.3 is 16.2 Å². The molecule has 0 bridgehead atoms. The predicted octanol–water partition coefficient (Wildman–Crippen LogP) is 3.18. The Balaban J connectivity index is 2.39. The third-order valence-electron chi connectivity index (χ3n) is 3.10. The Kier molecular flexibility index (Phi) is 4.14. The molecule has 5 nitrogen and oxygen atoms in total. The van der Waals surface area contributed by atoms with Gasteiger partial charge in [-0.25, -0.2) is 4.79 Å². The number of amides is 1. The highest BCUT2D eigenvalue weighted by Crippen LogP contribution is 2.25. The first-order valence-electron chi connectivity index (χ1n) is 6.10. The summed E-state index contributed by atoms with van der Waals surface area (Å²) in [6.45, 7) is 1.72. The molecule has 1 amide bonds. The van der Waals surface area contributed by atoms with Crippen LogP contribution in [0.3, 0.4) is 0 Å². The number of nitrogen functional groups attached to an aromatic ring is 1. The second-order valence-corrected chi connectivity index (χ2v) is 4.85. The Bertz CT molecular complexity index is 729. The summed E-state index contributed by atoms with van der Waals surface area (Å²) >= 11 is 5.86. The summed E-state index contributed by atoms with van der Waals surface area (Å²) in [5, 5.41) is 11.8.